The molecule has 2 N–H and O–H groups in total. The Labute approximate surface area is 119 Å². The van der Waals surface area contributed by atoms with E-state index in [1.807, 2.05) is 29.2 Å². The Balaban J connectivity index is 1.67. The Hall–Kier alpha value is -1.66. The monoisotopic (exact) mass is 274 g/mol. The van der Waals surface area contributed by atoms with Gasteiger partial charge < -0.3 is 10.6 Å². The highest BCUT2D eigenvalue weighted by Gasteiger charge is 2.20. The Kier molecular flexibility index (Phi) is 3.84. The van der Waals surface area contributed by atoms with E-state index in [1.54, 1.807) is 0 Å². The molecule has 1 saturated heterocycles. The molecule has 1 aliphatic rings. The van der Waals surface area contributed by atoms with Gasteiger partial charge in [0.1, 0.15) is 5.52 Å². The van der Waals surface area contributed by atoms with Crippen LogP contribution in [0.5, 0.6) is 0 Å². The van der Waals surface area contributed by atoms with E-state index in [4.69, 9.17) is 5.73 Å². The molecule has 6 nitrogen and oxygen atoms in total. The third-order valence-corrected chi connectivity index (χ3v) is 3.95. The number of fused-ring (bicyclic) bond motifs is 1. The SMILES string of the molecule is CC(CN)CN1CCN(c2nccn3nccc23)CC1. The Bertz CT molecular complexity index is 558. The lowest BCUT2D eigenvalue weighted by Gasteiger charge is -2.36. The molecule has 6 heteroatoms. The molecule has 108 valence electrons. The van der Waals surface area contributed by atoms with Crippen molar-refractivity contribution in [1.82, 2.24) is 19.5 Å². The molecule has 1 atom stereocenters. The van der Waals surface area contributed by atoms with Gasteiger partial charge in [0.05, 0.1) is 6.20 Å². The van der Waals surface area contributed by atoms with Crippen LogP contribution in [0.3, 0.4) is 0 Å². The molecular weight excluding hydrogens is 252 g/mol. The second kappa shape index (κ2) is 5.76. The van der Waals surface area contributed by atoms with Crippen LogP contribution in [-0.4, -0.2) is 58.8 Å². The summed E-state index contributed by atoms with van der Waals surface area (Å²) in [6.45, 7) is 8.22. The number of aromatic nitrogens is 3. The molecule has 0 amide bonds. The normalized spacial score (nSPS) is 18.6. The maximum Gasteiger partial charge on any atom is 0.154 e. The van der Waals surface area contributed by atoms with Crippen molar-refractivity contribution in [2.45, 2.75) is 6.92 Å². The fourth-order valence-corrected chi connectivity index (χ4v) is 2.74. The molecule has 0 aliphatic carbocycles. The average Bonchev–Trinajstić information content (AvgIpc) is 2.96. The van der Waals surface area contributed by atoms with E-state index >= 15 is 0 Å². The average molecular weight is 274 g/mol. The molecule has 0 bridgehead atoms. The van der Waals surface area contributed by atoms with Gasteiger partial charge in [-0.25, -0.2) is 9.50 Å². The lowest BCUT2D eigenvalue weighted by atomic mass is 10.1. The van der Waals surface area contributed by atoms with Crippen LogP contribution in [0.4, 0.5) is 5.82 Å². The van der Waals surface area contributed by atoms with Crippen molar-refractivity contribution in [3.63, 3.8) is 0 Å². The number of hydrogen-bond donors (Lipinski definition) is 1. The summed E-state index contributed by atoms with van der Waals surface area (Å²) >= 11 is 0. The molecule has 2 aromatic heterocycles. The van der Waals surface area contributed by atoms with Crippen LogP contribution in [0.2, 0.25) is 0 Å². The molecule has 20 heavy (non-hydrogen) atoms. The zero-order valence-electron chi connectivity index (χ0n) is 11.9. The van der Waals surface area contributed by atoms with Gasteiger partial charge in [0.15, 0.2) is 5.82 Å². The van der Waals surface area contributed by atoms with E-state index in [9.17, 15) is 0 Å². The van der Waals surface area contributed by atoms with Crippen LogP contribution in [-0.2, 0) is 0 Å². The topological polar surface area (TPSA) is 62.7 Å². The first-order chi connectivity index (χ1) is 9.78. The highest BCUT2D eigenvalue weighted by molar-refractivity contribution is 5.68. The summed E-state index contributed by atoms with van der Waals surface area (Å²) in [5, 5.41) is 4.27. The third kappa shape index (κ3) is 2.62. The van der Waals surface area contributed by atoms with Crippen LogP contribution in [0.25, 0.3) is 5.52 Å². The quantitative estimate of drug-likeness (QED) is 0.877. The Morgan fingerprint density at radius 2 is 2.05 bits per heavy atom. The van der Waals surface area contributed by atoms with E-state index in [1.165, 1.54) is 0 Å². The van der Waals surface area contributed by atoms with Crippen molar-refractivity contribution in [3.8, 4) is 0 Å². The van der Waals surface area contributed by atoms with E-state index < -0.39 is 0 Å². The lowest BCUT2D eigenvalue weighted by Crippen LogP contribution is -2.48. The van der Waals surface area contributed by atoms with Crippen molar-refractivity contribution in [1.29, 1.82) is 0 Å². The van der Waals surface area contributed by atoms with Crippen LogP contribution in [0, 0.1) is 5.92 Å². The van der Waals surface area contributed by atoms with Gasteiger partial charge in [-0.1, -0.05) is 6.92 Å². The highest BCUT2D eigenvalue weighted by Crippen LogP contribution is 2.19. The third-order valence-electron chi connectivity index (χ3n) is 3.95. The van der Waals surface area contributed by atoms with Gasteiger partial charge in [-0.2, -0.15) is 5.10 Å². The zero-order valence-corrected chi connectivity index (χ0v) is 11.9. The van der Waals surface area contributed by atoms with Gasteiger partial charge >= 0.3 is 0 Å². The molecule has 1 aliphatic heterocycles. The first kappa shape index (κ1) is 13.3. The molecular formula is C14H22N6. The molecule has 0 aromatic carbocycles. The van der Waals surface area contributed by atoms with Crippen LogP contribution in [0.15, 0.2) is 24.7 Å². The summed E-state index contributed by atoms with van der Waals surface area (Å²) < 4.78 is 1.88. The summed E-state index contributed by atoms with van der Waals surface area (Å²) in [6.07, 6.45) is 5.52. The number of anilines is 1. The van der Waals surface area contributed by atoms with Gasteiger partial charge in [-0.3, -0.25) is 4.90 Å². The number of nitrogens with zero attached hydrogens (tertiary/aromatic N) is 5. The fourth-order valence-electron chi connectivity index (χ4n) is 2.74. The Morgan fingerprint density at radius 3 is 2.80 bits per heavy atom. The van der Waals surface area contributed by atoms with Crippen molar-refractivity contribution >= 4 is 11.3 Å². The number of rotatable bonds is 4. The minimum Gasteiger partial charge on any atom is -0.352 e. The summed E-state index contributed by atoms with van der Waals surface area (Å²) in [7, 11) is 0. The predicted octanol–water partition coefficient (Wildman–Crippen LogP) is 0.446. The van der Waals surface area contributed by atoms with Gasteiger partial charge in [0.2, 0.25) is 0 Å². The van der Waals surface area contributed by atoms with Gasteiger partial charge in [-0.05, 0) is 18.5 Å². The molecule has 0 spiro atoms. The standard InChI is InChI=1S/C14H22N6/c1-12(10-15)11-18-6-8-19(9-7-18)14-13-2-3-17-20(13)5-4-16-14/h2-5,12H,6-11,15H2,1H3. The predicted molar refractivity (Wildman–Crippen MR) is 79.9 cm³/mol. The maximum absolute atomic E-state index is 5.70. The van der Waals surface area contributed by atoms with E-state index in [0.717, 1.165) is 50.6 Å². The van der Waals surface area contributed by atoms with Crippen molar-refractivity contribution in [3.05, 3.63) is 24.7 Å². The van der Waals surface area contributed by atoms with Gasteiger partial charge in [-0.15, -0.1) is 0 Å². The van der Waals surface area contributed by atoms with Gasteiger partial charge in [0.25, 0.3) is 0 Å². The first-order valence-corrected chi connectivity index (χ1v) is 7.23. The Morgan fingerprint density at radius 1 is 1.25 bits per heavy atom. The highest BCUT2D eigenvalue weighted by atomic mass is 15.3. The van der Waals surface area contributed by atoms with Crippen LogP contribution >= 0.6 is 0 Å². The fraction of sp³-hybridized carbons (Fsp3) is 0.571. The molecule has 1 unspecified atom stereocenters. The molecule has 0 radical (unpaired) electrons. The largest absolute Gasteiger partial charge is 0.352 e. The van der Waals surface area contributed by atoms with E-state index in [0.29, 0.717) is 5.92 Å². The molecule has 1 fully saturated rings. The summed E-state index contributed by atoms with van der Waals surface area (Å²) in [5.41, 5.74) is 6.78. The smallest absolute Gasteiger partial charge is 0.154 e. The van der Waals surface area contributed by atoms with Crippen molar-refractivity contribution in [2.24, 2.45) is 11.7 Å². The summed E-state index contributed by atoms with van der Waals surface area (Å²) in [6, 6.07) is 2.02. The molecule has 2 aromatic rings. The molecule has 3 rings (SSSR count). The number of nitrogens with two attached hydrogens (primary N) is 1. The van der Waals surface area contributed by atoms with E-state index in [-0.39, 0.29) is 0 Å². The molecule has 0 saturated carbocycles. The van der Waals surface area contributed by atoms with Crippen LogP contribution in [0.1, 0.15) is 6.92 Å². The zero-order chi connectivity index (χ0) is 13.9. The maximum atomic E-state index is 5.70. The first-order valence-electron chi connectivity index (χ1n) is 7.23. The minimum absolute atomic E-state index is 0.568. The minimum atomic E-state index is 0.568. The molecule has 3 heterocycles. The van der Waals surface area contributed by atoms with Crippen molar-refractivity contribution < 1.29 is 0 Å². The summed E-state index contributed by atoms with van der Waals surface area (Å²) in [4.78, 5) is 9.37. The number of hydrogen-bond acceptors (Lipinski definition) is 5. The van der Waals surface area contributed by atoms with Crippen molar-refractivity contribution in [2.75, 3.05) is 44.2 Å². The second-order valence-electron chi connectivity index (χ2n) is 5.54. The number of piperazine rings is 1. The van der Waals surface area contributed by atoms with Crippen LogP contribution < -0.4 is 10.6 Å². The second-order valence-corrected chi connectivity index (χ2v) is 5.54. The summed E-state index contributed by atoms with van der Waals surface area (Å²) in [5.74, 6) is 1.61. The van der Waals surface area contributed by atoms with E-state index in [2.05, 4.69) is 26.8 Å². The lowest BCUT2D eigenvalue weighted by molar-refractivity contribution is 0.227. The van der Waals surface area contributed by atoms with Gasteiger partial charge in [0, 0.05) is 45.1 Å².